The zero-order valence-electron chi connectivity index (χ0n) is 24.1. The first-order chi connectivity index (χ1) is 18.0. The predicted molar refractivity (Wildman–Crippen MR) is 155 cm³/mol. The second-order valence-corrected chi connectivity index (χ2v) is 10.7. The van der Waals surface area contributed by atoms with Crippen LogP contribution in [0.25, 0.3) is 0 Å². The predicted octanol–water partition coefficient (Wildman–Crippen LogP) is 9.38. The Kier molecular flexibility index (Phi) is 15.0. The number of nitrogens with zero attached hydrogens (tertiary/aromatic N) is 1. The molecule has 0 unspecified atom stereocenters. The van der Waals surface area contributed by atoms with E-state index in [0.29, 0.717) is 18.5 Å². The molecule has 0 N–H and O–H groups in total. The number of rotatable bonds is 20. The van der Waals surface area contributed by atoms with Crippen molar-refractivity contribution in [1.82, 2.24) is 4.57 Å². The number of aromatic nitrogens is 1. The van der Waals surface area contributed by atoms with Crippen LogP contribution in [0.5, 0.6) is 0 Å². The van der Waals surface area contributed by atoms with Gasteiger partial charge in [-0.3, -0.25) is 4.79 Å². The number of carbonyl (C=O) groups excluding carboxylic acids is 2. The number of methoxy groups -OCH3 is 1. The van der Waals surface area contributed by atoms with Crippen LogP contribution in [0.2, 0.25) is 0 Å². The van der Waals surface area contributed by atoms with Gasteiger partial charge in [0.25, 0.3) is 0 Å². The van der Waals surface area contributed by atoms with E-state index in [0.717, 1.165) is 35.2 Å². The van der Waals surface area contributed by atoms with Crippen LogP contribution in [0.1, 0.15) is 147 Å². The monoisotopic (exact) mass is 509 g/mol. The summed E-state index contributed by atoms with van der Waals surface area (Å²) in [7, 11) is 1.39. The highest BCUT2D eigenvalue weighted by molar-refractivity contribution is 5.98. The van der Waals surface area contributed by atoms with Crippen LogP contribution in [0, 0.1) is 13.8 Å². The van der Waals surface area contributed by atoms with Crippen molar-refractivity contribution >= 4 is 11.8 Å². The van der Waals surface area contributed by atoms with Gasteiger partial charge in [-0.25, -0.2) is 4.79 Å². The minimum absolute atomic E-state index is 0.268. The summed E-state index contributed by atoms with van der Waals surface area (Å²) in [6, 6.07) is 7.46. The van der Waals surface area contributed by atoms with Crippen molar-refractivity contribution < 1.29 is 14.3 Å². The molecule has 0 bridgehead atoms. The van der Waals surface area contributed by atoms with Gasteiger partial charge in [0.05, 0.1) is 12.7 Å². The lowest BCUT2D eigenvalue weighted by Gasteiger charge is -2.09. The third-order valence-electron chi connectivity index (χ3n) is 7.55. The second-order valence-electron chi connectivity index (χ2n) is 10.7. The summed E-state index contributed by atoms with van der Waals surface area (Å²) in [5.41, 5.74) is 4.60. The van der Waals surface area contributed by atoms with E-state index >= 15 is 0 Å². The number of ether oxygens (including phenoxy) is 1. The minimum Gasteiger partial charge on any atom is -0.465 e. The third kappa shape index (κ3) is 11.3. The van der Waals surface area contributed by atoms with Crippen LogP contribution in [0.3, 0.4) is 0 Å². The first-order valence-corrected chi connectivity index (χ1v) is 14.8. The topological polar surface area (TPSA) is 48.3 Å². The van der Waals surface area contributed by atoms with Crippen LogP contribution in [-0.4, -0.2) is 23.4 Å². The molecular formula is C33H51NO3. The lowest BCUT2D eigenvalue weighted by atomic mass is 10.0. The van der Waals surface area contributed by atoms with E-state index in [-0.39, 0.29) is 11.8 Å². The summed E-state index contributed by atoms with van der Waals surface area (Å²) < 4.78 is 6.91. The summed E-state index contributed by atoms with van der Waals surface area (Å²) in [4.78, 5) is 24.6. The fourth-order valence-corrected chi connectivity index (χ4v) is 5.25. The maximum atomic E-state index is 13.0. The summed E-state index contributed by atoms with van der Waals surface area (Å²) in [5.74, 6) is -0.0595. The van der Waals surface area contributed by atoms with E-state index in [4.69, 9.17) is 4.74 Å². The number of esters is 1. The van der Waals surface area contributed by atoms with Crippen LogP contribution < -0.4 is 0 Å². The molecule has 0 aliphatic heterocycles. The molecule has 1 heterocycles. The van der Waals surface area contributed by atoms with Gasteiger partial charge in [0, 0.05) is 30.4 Å². The minimum atomic E-state index is -0.328. The van der Waals surface area contributed by atoms with Crippen LogP contribution in [0.15, 0.2) is 30.5 Å². The Morgan fingerprint density at radius 2 is 1.22 bits per heavy atom. The number of hydrogen-bond acceptors (Lipinski definition) is 3. The molecule has 4 heteroatoms. The van der Waals surface area contributed by atoms with Gasteiger partial charge in [0.2, 0.25) is 0 Å². The Balaban J connectivity index is 1.60. The Hall–Kier alpha value is -2.36. The van der Waals surface area contributed by atoms with E-state index in [1.807, 2.05) is 26.0 Å². The van der Waals surface area contributed by atoms with E-state index < -0.39 is 0 Å². The first-order valence-electron chi connectivity index (χ1n) is 14.8. The molecule has 4 nitrogen and oxygen atoms in total. The maximum Gasteiger partial charge on any atom is 0.337 e. The lowest BCUT2D eigenvalue weighted by molar-refractivity contribution is 0.0600. The van der Waals surface area contributed by atoms with Crippen molar-refractivity contribution in [1.29, 1.82) is 0 Å². The van der Waals surface area contributed by atoms with Crippen LogP contribution in [-0.2, 0) is 11.3 Å². The number of benzene rings is 1. The fourth-order valence-electron chi connectivity index (χ4n) is 5.25. The largest absolute Gasteiger partial charge is 0.465 e. The van der Waals surface area contributed by atoms with Gasteiger partial charge in [0.1, 0.15) is 0 Å². The van der Waals surface area contributed by atoms with Gasteiger partial charge in [0.15, 0.2) is 5.78 Å². The summed E-state index contributed by atoms with van der Waals surface area (Å²) in [6.45, 7) is 7.03. The molecular weight excluding hydrogens is 458 g/mol. The van der Waals surface area contributed by atoms with Crippen molar-refractivity contribution in [3.63, 3.8) is 0 Å². The molecule has 0 aliphatic carbocycles. The highest BCUT2D eigenvalue weighted by Crippen LogP contribution is 2.22. The molecule has 206 valence electrons. The van der Waals surface area contributed by atoms with Crippen molar-refractivity contribution in [2.75, 3.05) is 7.11 Å². The Morgan fingerprint density at radius 1 is 0.730 bits per heavy atom. The highest BCUT2D eigenvalue weighted by Gasteiger charge is 2.17. The van der Waals surface area contributed by atoms with Crippen molar-refractivity contribution in [3.8, 4) is 0 Å². The summed E-state index contributed by atoms with van der Waals surface area (Å²) >= 11 is 0. The average Bonchev–Trinajstić information content (AvgIpc) is 3.18. The SMILES string of the molecule is CCCCCCCCCCCCCCCCCC(=O)c1c(C)cn(Cc2ccc(C(=O)OC)cc2)c1C. The molecule has 0 saturated heterocycles. The molecule has 1 aromatic heterocycles. The van der Waals surface area contributed by atoms with Gasteiger partial charge in [-0.05, 0) is 43.5 Å². The molecule has 2 aromatic rings. The first kappa shape index (κ1) is 30.9. The fraction of sp³-hybridized carbons (Fsp3) is 0.636. The Morgan fingerprint density at radius 3 is 1.70 bits per heavy atom. The van der Waals surface area contributed by atoms with E-state index in [1.165, 1.54) is 90.6 Å². The summed E-state index contributed by atoms with van der Waals surface area (Å²) in [6.07, 6.45) is 22.7. The third-order valence-corrected chi connectivity index (χ3v) is 7.55. The summed E-state index contributed by atoms with van der Waals surface area (Å²) in [5, 5.41) is 0. The van der Waals surface area contributed by atoms with Crippen LogP contribution >= 0.6 is 0 Å². The molecule has 0 spiro atoms. The number of Topliss-reactive ketones (excluding diaryl/α,β-unsaturated/α-hetero) is 1. The van der Waals surface area contributed by atoms with Gasteiger partial charge in [-0.2, -0.15) is 0 Å². The van der Waals surface area contributed by atoms with Gasteiger partial charge >= 0.3 is 5.97 Å². The smallest absolute Gasteiger partial charge is 0.337 e. The van der Waals surface area contributed by atoms with Crippen molar-refractivity contribution in [3.05, 3.63) is 58.4 Å². The number of hydrogen-bond donors (Lipinski definition) is 0. The Labute approximate surface area is 226 Å². The molecule has 0 aliphatic rings. The molecule has 37 heavy (non-hydrogen) atoms. The molecule has 2 rings (SSSR count). The number of ketones is 1. The lowest BCUT2D eigenvalue weighted by Crippen LogP contribution is -2.06. The molecule has 0 saturated carbocycles. The molecule has 0 amide bonds. The zero-order chi connectivity index (χ0) is 26.9. The highest BCUT2D eigenvalue weighted by atomic mass is 16.5. The standard InChI is InChI=1S/C33H51NO3/c1-5-6-7-8-9-10-11-12-13-14-15-16-17-18-19-20-31(35)32-27(2)25-34(28(32)3)26-29-21-23-30(24-22-29)33(36)37-4/h21-25H,5-20,26H2,1-4H3. The molecule has 1 aromatic carbocycles. The zero-order valence-corrected chi connectivity index (χ0v) is 24.1. The number of aryl methyl sites for hydroxylation is 1. The van der Waals surface area contributed by atoms with Crippen molar-refractivity contribution in [2.45, 2.75) is 130 Å². The number of unbranched alkanes of at least 4 members (excludes halogenated alkanes) is 14. The van der Waals surface area contributed by atoms with E-state index in [1.54, 1.807) is 12.1 Å². The molecule has 0 atom stereocenters. The quantitative estimate of drug-likeness (QED) is 0.101. The van der Waals surface area contributed by atoms with E-state index in [2.05, 4.69) is 17.7 Å². The maximum absolute atomic E-state index is 13.0. The molecule has 0 radical (unpaired) electrons. The normalized spacial score (nSPS) is 11.1. The number of carbonyl (C=O) groups is 2. The van der Waals surface area contributed by atoms with Gasteiger partial charge in [-0.1, -0.05) is 109 Å². The van der Waals surface area contributed by atoms with E-state index in [9.17, 15) is 9.59 Å². The average molecular weight is 510 g/mol. The Bertz CT molecular complexity index is 926. The van der Waals surface area contributed by atoms with Crippen molar-refractivity contribution in [2.24, 2.45) is 0 Å². The van der Waals surface area contributed by atoms with Gasteiger partial charge < -0.3 is 9.30 Å². The van der Waals surface area contributed by atoms with Gasteiger partial charge in [-0.15, -0.1) is 0 Å². The molecule has 0 fully saturated rings. The second kappa shape index (κ2) is 18.0. The van der Waals surface area contributed by atoms with Crippen LogP contribution in [0.4, 0.5) is 0 Å².